The second kappa shape index (κ2) is 7.23. The number of rotatable bonds is 7. The molecule has 0 saturated carbocycles. The lowest BCUT2D eigenvalue weighted by molar-refractivity contribution is 0.160. The van der Waals surface area contributed by atoms with Crippen molar-refractivity contribution < 1.29 is 17.0 Å². The summed E-state index contributed by atoms with van der Waals surface area (Å²) in [5.74, 6) is 0. The molecule has 0 spiro atoms. The molecule has 23 heavy (non-hydrogen) atoms. The van der Waals surface area contributed by atoms with Gasteiger partial charge in [0.1, 0.15) is 5.67 Å². The minimum Gasteiger partial charge on any atom is -0.266 e. The maximum atomic E-state index is 14.6. The normalized spacial score (nSPS) is 14.4. The third-order valence-electron chi connectivity index (χ3n) is 3.71. The van der Waals surface area contributed by atoms with Crippen LogP contribution in [0.4, 0.5) is 4.39 Å². The van der Waals surface area contributed by atoms with Gasteiger partial charge >= 0.3 is 0 Å². The minimum atomic E-state index is -3.78. The first kappa shape index (κ1) is 17.6. The van der Waals surface area contributed by atoms with Gasteiger partial charge in [0.15, 0.2) is 0 Å². The summed E-state index contributed by atoms with van der Waals surface area (Å²) in [6.07, 6.45) is 0.507. The fraction of sp³-hybridized carbons (Fsp3) is 0.333. The van der Waals surface area contributed by atoms with Crippen molar-refractivity contribution in [3.63, 3.8) is 0 Å². The van der Waals surface area contributed by atoms with Crippen molar-refractivity contribution in [3.8, 4) is 0 Å². The summed E-state index contributed by atoms with van der Waals surface area (Å²) < 4.78 is 43.6. The highest BCUT2D eigenvalue weighted by atomic mass is 32.2. The van der Waals surface area contributed by atoms with Crippen LogP contribution in [0.3, 0.4) is 0 Å². The van der Waals surface area contributed by atoms with Gasteiger partial charge in [-0.1, -0.05) is 48.0 Å². The van der Waals surface area contributed by atoms with Crippen molar-refractivity contribution in [2.24, 2.45) is 0 Å². The molecular formula is C18H21FO3S. The average molecular weight is 336 g/mol. The molecule has 0 heterocycles. The molecular weight excluding hydrogens is 315 g/mol. The molecule has 0 aliphatic rings. The van der Waals surface area contributed by atoms with Crippen LogP contribution in [0.1, 0.15) is 30.9 Å². The molecule has 0 bridgehead atoms. The number of alkyl halides is 1. The van der Waals surface area contributed by atoms with E-state index in [2.05, 4.69) is 0 Å². The van der Waals surface area contributed by atoms with E-state index in [1.807, 2.05) is 13.0 Å². The fourth-order valence-corrected chi connectivity index (χ4v) is 3.22. The molecule has 3 nitrogen and oxygen atoms in total. The third kappa shape index (κ3) is 4.88. The van der Waals surface area contributed by atoms with Crippen LogP contribution < -0.4 is 0 Å². The maximum absolute atomic E-state index is 14.6. The zero-order valence-corrected chi connectivity index (χ0v) is 14.1. The molecule has 1 unspecified atom stereocenters. The summed E-state index contributed by atoms with van der Waals surface area (Å²) in [7, 11) is -3.78. The van der Waals surface area contributed by atoms with Gasteiger partial charge in [0, 0.05) is 0 Å². The Morgan fingerprint density at radius 1 is 1.04 bits per heavy atom. The van der Waals surface area contributed by atoms with Gasteiger partial charge in [-0.25, -0.2) is 4.39 Å². The first-order valence-corrected chi connectivity index (χ1v) is 8.93. The van der Waals surface area contributed by atoms with Gasteiger partial charge in [0.2, 0.25) is 0 Å². The summed E-state index contributed by atoms with van der Waals surface area (Å²) in [5, 5.41) is 0. The first-order valence-electron chi connectivity index (χ1n) is 7.52. The Kier molecular flexibility index (Phi) is 5.55. The zero-order chi connectivity index (χ0) is 16.9. The van der Waals surface area contributed by atoms with Crippen molar-refractivity contribution in [2.45, 2.75) is 37.3 Å². The lowest BCUT2D eigenvalue weighted by Gasteiger charge is -2.20. The molecule has 0 aromatic heterocycles. The topological polar surface area (TPSA) is 43.4 Å². The molecule has 0 aliphatic carbocycles. The van der Waals surface area contributed by atoms with Crippen LogP contribution in [0.15, 0.2) is 59.5 Å². The molecule has 5 heteroatoms. The Labute approximate surface area is 137 Å². The molecule has 2 aromatic carbocycles. The van der Waals surface area contributed by atoms with Gasteiger partial charge in [-0.15, -0.1) is 0 Å². The van der Waals surface area contributed by atoms with Crippen molar-refractivity contribution >= 4 is 10.1 Å². The number of aryl methyl sites for hydroxylation is 1. The molecule has 2 rings (SSSR count). The highest BCUT2D eigenvalue weighted by Gasteiger charge is 2.25. The summed E-state index contributed by atoms with van der Waals surface area (Å²) in [6, 6.07) is 15.3. The molecule has 0 fully saturated rings. The van der Waals surface area contributed by atoms with Crippen molar-refractivity contribution in [1.29, 1.82) is 0 Å². The fourth-order valence-electron chi connectivity index (χ4n) is 2.28. The van der Waals surface area contributed by atoms with Gasteiger partial charge < -0.3 is 0 Å². The molecule has 0 N–H and O–H groups in total. The molecule has 124 valence electrons. The van der Waals surface area contributed by atoms with E-state index in [-0.39, 0.29) is 17.9 Å². The van der Waals surface area contributed by atoms with E-state index >= 15 is 0 Å². The summed E-state index contributed by atoms with van der Waals surface area (Å²) >= 11 is 0. The Balaban J connectivity index is 1.88. The standard InChI is InChI=1S/C18H21FO3S/c1-15-9-11-17(12-10-15)23(20,21)22-14-6-13-18(2,19)16-7-4-3-5-8-16/h3-5,7-12H,6,13-14H2,1-2H3. The second-order valence-corrected chi connectivity index (χ2v) is 7.37. The van der Waals surface area contributed by atoms with Crippen LogP contribution in [0.25, 0.3) is 0 Å². The maximum Gasteiger partial charge on any atom is 0.296 e. The smallest absolute Gasteiger partial charge is 0.266 e. The van der Waals surface area contributed by atoms with E-state index in [9.17, 15) is 12.8 Å². The predicted molar refractivity (Wildman–Crippen MR) is 88.5 cm³/mol. The van der Waals surface area contributed by atoms with Crippen LogP contribution in [0.2, 0.25) is 0 Å². The Bertz CT molecular complexity index is 723. The molecule has 0 aliphatic heterocycles. The summed E-state index contributed by atoms with van der Waals surface area (Å²) in [6.45, 7) is 3.34. The first-order chi connectivity index (χ1) is 10.8. The minimum absolute atomic E-state index is 0.0391. The molecule has 0 saturated heterocycles. The lowest BCUT2D eigenvalue weighted by atomic mass is 9.93. The van der Waals surface area contributed by atoms with Gasteiger partial charge in [-0.3, -0.25) is 4.18 Å². The highest BCUT2D eigenvalue weighted by Crippen LogP contribution is 2.30. The average Bonchev–Trinajstić information content (AvgIpc) is 2.53. The van der Waals surface area contributed by atoms with Crippen LogP contribution in [0, 0.1) is 6.92 Å². The second-order valence-electron chi connectivity index (χ2n) is 5.76. The third-order valence-corrected chi connectivity index (χ3v) is 5.04. The highest BCUT2D eigenvalue weighted by molar-refractivity contribution is 7.86. The number of benzene rings is 2. The quantitative estimate of drug-likeness (QED) is 0.557. The number of hydrogen-bond donors (Lipinski definition) is 0. The molecule has 0 radical (unpaired) electrons. The SMILES string of the molecule is Cc1ccc(S(=O)(=O)OCCCC(C)(F)c2ccccc2)cc1. The largest absolute Gasteiger partial charge is 0.296 e. The number of halogens is 1. The van der Waals surface area contributed by atoms with Gasteiger partial charge in [-0.05, 0) is 44.4 Å². The Morgan fingerprint density at radius 3 is 2.26 bits per heavy atom. The van der Waals surface area contributed by atoms with Crippen LogP contribution in [0.5, 0.6) is 0 Å². The lowest BCUT2D eigenvalue weighted by Crippen LogP contribution is -2.17. The van der Waals surface area contributed by atoms with Gasteiger partial charge in [0.25, 0.3) is 10.1 Å². The van der Waals surface area contributed by atoms with Crippen LogP contribution in [-0.2, 0) is 20.0 Å². The zero-order valence-electron chi connectivity index (χ0n) is 13.3. The Morgan fingerprint density at radius 2 is 1.65 bits per heavy atom. The van der Waals surface area contributed by atoms with E-state index in [1.54, 1.807) is 36.4 Å². The van der Waals surface area contributed by atoms with Crippen LogP contribution in [-0.4, -0.2) is 15.0 Å². The number of hydrogen-bond acceptors (Lipinski definition) is 3. The van der Waals surface area contributed by atoms with Crippen LogP contribution >= 0.6 is 0 Å². The van der Waals surface area contributed by atoms with E-state index in [0.717, 1.165) is 5.56 Å². The van der Waals surface area contributed by atoms with Crippen molar-refractivity contribution in [3.05, 3.63) is 65.7 Å². The monoisotopic (exact) mass is 336 g/mol. The van der Waals surface area contributed by atoms with Crippen molar-refractivity contribution in [1.82, 2.24) is 0 Å². The summed E-state index contributed by atoms with van der Waals surface area (Å²) in [5.41, 5.74) is 0.0551. The predicted octanol–water partition coefficient (Wildman–Crippen LogP) is 4.37. The van der Waals surface area contributed by atoms with E-state index in [1.165, 1.54) is 19.1 Å². The molecule has 1 atom stereocenters. The molecule has 0 amide bonds. The molecule has 2 aromatic rings. The van der Waals surface area contributed by atoms with Gasteiger partial charge in [-0.2, -0.15) is 8.42 Å². The van der Waals surface area contributed by atoms with Gasteiger partial charge in [0.05, 0.1) is 11.5 Å². The van der Waals surface area contributed by atoms with E-state index < -0.39 is 15.8 Å². The van der Waals surface area contributed by atoms with E-state index in [0.29, 0.717) is 12.0 Å². The Hall–Kier alpha value is -1.72. The van der Waals surface area contributed by atoms with Crippen molar-refractivity contribution in [2.75, 3.05) is 6.61 Å². The summed E-state index contributed by atoms with van der Waals surface area (Å²) in [4.78, 5) is 0.120. The van der Waals surface area contributed by atoms with E-state index in [4.69, 9.17) is 4.18 Å².